The zero-order chi connectivity index (χ0) is 19.1. The normalized spacial score (nSPS) is 36.6. The third-order valence-electron chi connectivity index (χ3n) is 8.51. The van der Waals surface area contributed by atoms with Gasteiger partial charge < -0.3 is 9.47 Å². The lowest BCUT2D eigenvalue weighted by molar-refractivity contribution is -0.231. The van der Waals surface area contributed by atoms with Crippen molar-refractivity contribution >= 4 is 0 Å². The van der Waals surface area contributed by atoms with Crippen LogP contribution in [0.3, 0.4) is 0 Å². The first-order valence-corrected chi connectivity index (χ1v) is 12.1. The van der Waals surface area contributed by atoms with Crippen molar-refractivity contribution in [3.63, 3.8) is 0 Å². The van der Waals surface area contributed by atoms with Gasteiger partial charge in [0.25, 0.3) is 0 Å². The smallest absolute Gasteiger partial charge is 0.205 e. The fourth-order valence-electron chi connectivity index (χ4n) is 7.20. The van der Waals surface area contributed by atoms with Gasteiger partial charge in [0, 0.05) is 5.41 Å². The summed E-state index contributed by atoms with van der Waals surface area (Å²) in [6.45, 7) is 4.56. The highest BCUT2D eigenvalue weighted by Gasteiger charge is 2.56. The van der Waals surface area contributed by atoms with Gasteiger partial charge in [-0.05, 0) is 99.2 Å². The van der Waals surface area contributed by atoms with Gasteiger partial charge in [-0.2, -0.15) is 0 Å². The summed E-state index contributed by atoms with van der Waals surface area (Å²) < 4.78 is 13.5. The van der Waals surface area contributed by atoms with E-state index in [-0.39, 0.29) is 11.7 Å². The van der Waals surface area contributed by atoms with Crippen molar-refractivity contribution in [2.24, 2.45) is 23.2 Å². The fourth-order valence-corrected chi connectivity index (χ4v) is 7.20. The molecule has 1 aromatic carbocycles. The summed E-state index contributed by atoms with van der Waals surface area (Å²) in [6.07, 6.45) is 15.1. The lowest BCUT2D eigenvalue weighted by Gasteiger charge is -2.58. The van der Waals surface area contributed by atoms with Crippen LogP contribution in [0.5, 0.6) is 5.75 Å². The zero-order valence-electron chi connectivity index (χ0n) is 17.9. The Labute approximate surface area is 171 Å². The minimum atomic E-state index is -0.0431. The molecule has 6 rings (SSSR count). The van der Waals surface area contributed by atoms with Crippen LogP contribution in [0.2, 0.25) is 0 Å². The second-order valence-corrected chi connectivity index (χ2v) is 10.7. The molecule has 0 amide bonds. The van der Waals surface area contributed by atoms with Gasteiger partial charge in [0.2, 0.25) is 6.29 Å². The third-order valence-corrected chi connectivity index (χ3v) is 8.51. The van der Waals surface area contributed by atoms with Crippen molar-refractivity contribution in [2.45, 2.75) is 103 Å². The molecule has 1 aromatic rings. The van der Waals surface area contributed by atoms with Gasteiger partial charge in [0.1, 0.15) is 5.75 Å². The molecule has 5 aliphatic carbocycles. The summed E-state index contributed by atoms with van der Waals surface area (Å²) in [4.78, 5) is 0. The number of rotatable bonds is 7. The van der Waals surface area contributed by atoms with E-state index in [0.717, 1.165) is 23.5 Å². The van der Waals surface area contributed by atoms with Gasteiger partial charge in [-0.3, -0.25) is 0 Å². The second kappa shape index (κ2) is 7.67. The Morgan fingerprint density at radius 3 is 2.04 bits per heavy atom. The summed E-state index contributed by atoms with van der Waals surface area (Å²) in [5, 5.41) is 0. The quantitative estimate of drug-likeness (QED) is 0.469. The molecule has 0 N–H and O–H groups in total. The van der Waals surface area contributed by atoms with Crippen LogP contribution in [0.15, 0.2) is 24.3 Å². The maximum atomic E-state index is 6.78. The molecule has 0 spiro atoms. The highest BCUT2D eigenvalue weighted by Crippen LogP contribution is 2.62. The topological polar surface area (TPSA) is 18.5 Å². The van der Waals surface area contributed by atoms with Gasteiger partial charge >= 0.3 is 0 Å². The average Bonchev–Trinajstić information content (AvgIpc) is 3.20. The first-order chi connectivity index (χ1) is 13.6. The van der Waals surface area contributed by atoms with Gasteiger partial charge in [0.05, 0.1) is 6.10 Å². The fraction of sp³-hybridized carbons (Fsp3) is 0.769. The molecule has 0 aromatic heterocycles. The third kappa shape index (κ3) is 3.62. The number of hydrogen-bond acceptors (Lipinski definition) is 2. The Morgan fingerprint density at radius 1 is 0.929 bits per heavy atom. The summed E-state index contributed by atoms with van der Waals surface area (Å²) in [6, 6.07) is 8.89. The van der Waals surface area contributed by atoms with E-state index in [1.807, 2.05) is 0 Å². The molecular formula is C26H38O2. The van der Waals surface area contributed by atoms with Gasteiger partial charge in [-0.15, -0.1) is 0 Å². The van der Waals surface area contributed by atoms with Crippen molar-refractivity contribution in [1.29, 1.82) is 0 Å². The van der Waals surface area contributed by atoms with Gasteiger partial charge in [-0.25, -0.2) is 0 Å². The van der Waals surface area contributed by atoms with Crippen LogP contribution < -0.4 is 4.74 Å². The van der Waals surface area contributed by atoms with Crippen LogP contribution in [0.4, 0.5) is 0 Å². The number of hydrogen-bond donors (Lipinski definition) is 0. The molecule has 4 bridgehead atoms. The van der Waals surface area contributed by atoms with E-state index in [0.29, 0.717) is 12.0 Å². The van der Waals surface area contributed by atoms with Crippen molar-refractivity contribution in [3.8, 4) is 5.75 Å². The van der Waals surface area contributed by atoms with E-state index >= 15 is 0 Å². The molecule has 2 nitrogen and oxygen atoms in total. The Kier molecular flexibility index (Phi) is 5.20. The van der Waals surface area contributed by atoms with Gasteiger partial charge in [0.15, 0.2) is 0 Å². The molecule has 5 aliphatic rings. The maximum Gasteiger partial charge on any atom is 0.205 e. The predicted molar refractivity (Wildman–Crippen MR) is 114 cm³/mol. The van der Waals surface area contributed by atoms with Gasteiger partial charge in [-0.1, -0.05) is 38.8 Å². The molecule has 154 valence electrons. The lowest BCUT2D eigenvalue weighted by Crippen LogP contribution is -2.54. The first kappa shape index (κ1) is 19.0. The molecule has 0 radical (unpaired) electrons. The van der Waals surface area contributed by atoms with E-state index in [4.69, 9.17) is 9.47 Å². The van der Waals surface area contributed by atoms with Crippen molar-refractivity contribution in [2.75, 3.05) is 0 Å². The Balaban J connectivity index is 1.37. The largest absolute Gasteiger partial charge is 0.464 e. The second-order valence-electron chi connectivity index (χ2n) is 10.7. The SMILES string of the molecule is CCC(C)c1ccc(OC(OC2CCCC2)C23CC4CC(CC(C4)C2)C3)cc1. The van der Waals surface area contributed by atoms with E-state index in [9.17, 15) is 0 Å². The molecule has 2 atom stereocenters. The molecule has 0 saturated heterocycles. The number of benzene rings is 1. The van der Waals surface area contributed by atoms with Crippen LogP contribution in [0.25, 0.3) is 0 Å². The van der Waals surface area contributed by atoms with Crippen molar-refractivity contribution in [1.82, 2.24) is 0 Å². The van der Waals surface area contributed by atoms with Crippen LogP contribution in [-0.4, -0.2) is 12.4 Å². The molecule has 5 fully saturated rings. The minimum Gasteiger partial charge on any atom is -0.464 e. The first-order valence-electron chi connectivity index (χ1n) is 12.1. The van der Waals surface area contributed by atoms with Crippen LogP contribution in [-0.2, 0) is 4.74 Å². The zero-order valence-corrected chi connectivity index (χ0v) is 17.9. The molecule has 5 saturated carbocycles. The molecular weight excluding hydrogens is 344 g/mol. The molecule has 0 heterocycles. The highest BCUT2D eigenvalue weighted by atomic mass is 16.7. The summed E-state index contributed by atoms with van der Waals surface area (Å²) in [5.74, 6) is 4.40. The van der Waals surface area contributed by atoms with Crippen LogP contribution in [0.1, 0.15) is 96.0 Å². The van der Waals surface area contributed by atoms with E-state index < -0.39 is 0 Å². The molecule has 0 aliphatic heterocycles. The molecule has 2 unspecified atom stereocenters. The molecule has 28 heavy (non-hydrogen) atoms. The van der Waals surface area contributed by atoms with E-state index in [2.05, 4.69) is 38.1 Å². The Morgan fingerprint density at radius 2 is 1.50 bits per heavy atom. The maximum absolute atomic E-state index is 6.78. The van der Waals surface area contributed by atoms with Crippen LogP contribution in [0, 0.1) is 23.2 Å². The van der Waals surface area contributed by atoms with Crippen LogP contribution >= 0.6 is 0 Å². The van der Waals surface area contributed by atoms with Crippen molar-refractivity contribution < 1.29 is 9.47 Å². The highest BCUT2D eigenvalue weighted by molar-refractivity contribution is 5.29. The van der Waals surface area contributed by atoms with Crippen molar-refractivity contribution in [3.05, 3.63) is 29.8 Å². The lowest BCUT2D eigenvalue weighted by atomic mass is 9.49. The standard InChI is InChI=1S/C26H38O2/c1-3-18(2)22-8-10-24(11-9-22)28-25(27-23-6-4-5-7-23)26-15-19-12-20(16-26)14-21(13-19)17-26/h8-11,18-21,23,25H,3-7,12-17H2,1-2H3. The Hall–Kier alpha value is -1.02. The summed E-state index contributed by atoms with van der Waals surface area (Å²) in [5.41, 5.74) is 1.69. The van der Waals surface area contributed by atoms with E-state index in [1.165, 1.54) is 76.2 Å². The minimum absolute atomic E-state index is 0.0431. The number of ether oxygens (including phenoxy) is 2. The van der Waals surface area contributed by atoms with E-state index in [1.54, 1.807) is 0 Å². The Bertz CT molecular complexity index is 622. The summed E-state index contributed by atoms with van der Waals surface area (Å²) in [7, 11) is 0. The predicted octanol–water partition coefficient (Wildman–Crippen LogP) is 7.08. The summed E-state index contributed by atoms with van der Waals surface area (Å²) >= 11 is 0. The average molecular weight is 383 g/mol. The molecule has 2 heteroatoms. The monoisotopic (exact) mass is 382 g/mol.